The molecule has 2 saturated heterocycles. The second-order valence-corrected chi connectivity index (χ2v) is 20.5. The predicted octanol–water partition coefficient (Wildman–Crippen LogP) is 8.06. The van der Waals surface area contributed by atoms with Crippen LogP contribution in [0.25, 0.3) is 0 Å². The number of nitrogen functional groups attached to an aromatic ring is 1. The third-order valence-electron chi connectivity index (χ3n) is 11.1. The molecule has 0 bridgehead atoms. The van der Waals surface area contributed by atoms with E-state index in [2.05, 4.69) is 54.4 Å². The molecule has 0 aromatic carbocycles. The van der Waals surface area contributed by atoms with E-state index in [4.69, 9.17) is 33.7 Å². The summed E-state index contributed by atoms with van der Waals surface area (Å²) in [4.78, 5) is 61.8. The number of epoxide rings is 1. The van der Waals surface area contributed by atoms with Gasteiger partial charge in [-0.1, -0.05) is 121 Å². The first kappa shape index (κ1) is 58.3. The second kappa shape index (κ2) is 31.9. The van der Waals surface area contributed by atoms with Crippen LogP contribution in [0, 0.1) is 5.92 Å². The first-order valence-corrected chi connectivity index (χ1v) is 27.0. The first-order chi connectivity index (χ1) is 32.0. The molecule has 21 heteroatoms. The van der Waals surface area contributed by atoms with Crippen molar-refractivity contribution in [2.24, 2.45) is 5.92 Å². The molecule has 2 fully saturated rings. The normalized spacial score (nSPS) is 23.0. The van der Waals surface area contributed by atoms with Crippen LogP contribution in [0.4, 0.5) is 5.82 Å². The number of unbranched alkanes of at least 4 members (excludes halogenated alkanes) is 11. The lowest BCUT2D eigenvalue weighted by Crippen LogP contribution is -2.36. The van der Waals surface area contributed by atoms with Gasteiger partial charge in [-0.2, -0.15) is 9.29 Å². The predicted molar refractivity (Wildman–Crippen MR) is 251 cm³/mol. The van der Waals surface area contributed by atoms with Gasteiger partial charge in [-0.3, -0.25) is 23.2 Å². The molecular weight excluding hydrogens is 912 g/mol. The van der Waals surface area contributed by atoms with Gasteiger partial charge in [0.2, 0.25) is 0 Å². The van der Waals surface area contributed by atoms with Crippen molar-refractivity contribution in [3.8, 4) is 0 Å². The smallest absolute Gasteiger partial charge is 0.462 e. The van der Waals surface area contributed by atoms with Crippen LogP contribution in [-0.4, -0.2) is 97.9 Å². The van der Waals surface area contributed by atoms with Crippen LogP contribution in [0.3, 0.4) is 0 Å². The van der Waals surface area contributed by atoms with Crippen LogP contribution >= 0.6 is 15.6 Å². The molecule has 0 aliphatic carbocycles. The molecule has 0 radical (unpaired) electrons. The Hall–Kier alpha value is -3.06. The average molecular weight is 990 g/mol. The van der Waals surface area contributed by atoms with E-state index in [1.54, 1.807) is 0 Å². The highest BCUT2D eigenvalue weighted by Crippen LogP contribution is 2.60. The van der Waals surface area contributed by atoms with Crippen LogP contribution in [0.1, 0.15) is 155 Å². The maximum Gasteiger partial charge on any atom is 0.481 e. The number of anilines is 1. The molecule has 6 N–H and O–H groups in total. The van der Waals surface area contributed by atoms with Gasteiger partial charge in [-0.25, -0.2) is 13.9 Å². The summed E-state index contributed by atoms with van der Waals surface area (Å²) in [5.41, 5.74) is 4.58. The van der Waals surface area contributed by atoms with Gasteiger partial charge in [0.1, 0.15) is 30.7 Å². The standard InChI is InChI=1S/C46H77N3O16P2/c1-4-5-6-7-8-9-13-16-21-26-37-38(63-37)27-22-18-19-23-28-41(50)59-32-36(62-42(51)29-24-17-14-11-10-12-15-20-25-35(2)3)33-60-66(55,56)65-67(57,58)61-34-39-43(52)44(53)45(64-39)49-31-30-40(47)48-46(49)54/h8-9,16,18,21-22,30-31,35-39,43-45,52-53H,4-7,10-15,17,19-20,23-29,32-34H2,1-3H3,(H,55,56)(H,57,58)(H2,47,48,54)/b9-8-,21-16-,22-18-/t36-,37?,38?,39-,43-,44-,45-/m1/s1. The summed E-state index contributed by atoms with van der Waals surface area (Å²) in [5.74, 6) is -0.670. The summed E-state index contributed by atoms with van der Waals surface area (Å²) in [6, 6.07) is 1.24. The van der Waals surface area contributed by atoms with E-state index in [9.17, 15) is 43.5 Å². The molecule has 0 saturated carbocycles. The van der Waals surface area contributed by atoms with Crippen LogP contribution < -0.4 is 11.4 Å². The molecule has 4 unspecified atom stereocenters. The van der Waals surface area contributed by atoms with E-state index in [1.807, 2.05) is 12.2 Å². The number of aliphatic hydroxyl groups is 2. The molecule has 382 valence electrons. The van der Waals surface area contributed by atoms with Gasteiger partial charge in [0.05, 0.1) is 25.4 Å². The number of allylic oxidation sites excluding steroid dienone is 4. The maximum absolute atomic E-state index is 12.8. The van der Waals surface area contributed by atoms with Crippen molar-refractivity contribution in [3.05, 3.63) is 59.2 Å². The highest BCUT2D eigenvalue weighted by Gasteiger charge is 2.46. The number of nitrogens with two attached hydrogens (primary N) is 1. The zero-order valence-corrected chi connectivity index (χ0v) is 41.3. The van der Waals surface area contributed by atoms with Crippen molar-refractivity contribution >= 4 is 33.4 Å². The van der Waals surface area contributed by atoms with Crippen LogP contribution in [0.15, 0.2) is 53.5 Å². The molecule has 9 atom stereocenters. The van der Waals surface area contributed by atoms with Gasteiger partial charge in [0.15, 0.2) is 12.3 Å². The lowest BCUT2D eigenvalue weighted by molar-refractivity contribution is -0.161. The van der Waals surface area contributed by atoms with E-state index in [1.165, 1.54) is 51.0 Å². The lowest BCUT2D eigenvalue weighted by Gasteiger charge is -2.21. The van der Waals surface area contributed by atoms with Crippen molar-refractivity contribution < 1.29 is 71.0 Å². The molecule has 3 heterocycles. The van der Waals surface area contributed by atoms with Gasteiger partial charge < -0.3 is 44.7 Å². The molecule has 0 amide bonds. The third-order valence-corrected chi connectivity index (χ3v) is 13.7. The Labute approximate surface area is 395 Å². The van der Waals surface area contributed by atoms with Gasteiger partial charge >= 0.3 is 33.3 Å². The number of hydrogen-bond acceptors (Lipinski definition) is 16. The first-order valence-electron chi connectivity index (χ1n) is 24.0. The number of phosphoric acid groups is 2. The van der Waals surface area contributed by atoms with E-state index >= 15 is 0 Å². The van der Waals surface area contributed by atoms with Gasteiger partial charge in [0, 0.05) is 19.0 Å². The zero-order valence-electron chi connectivity index (χ0n) is 39.6. The molecule has 3 rings (SSSR count). The van der Waals surface area contributed by atoms with E-state index < -0.39 is 83.7 Å². The number of hydrogen-bond donors (Lipinski definition) is 5. The van der Waals surface area contributed by atoms with Crippen molar-refractivity contribution in [2.45, 2.75) is 192 Å². The monoisotopic (exact) mass is 989 g/mol. The molecule has 1 aromatic rings. The molecule has 0 spiro atoms. The van der Waals surface area contributed by atoms with Crippen molar-refractivity contribution in [3.63, 3.8) is 0 Å². The Morgan fingerprint density at radius 2 is 1.39 bits per heavy atom. The summed E-state index contributed by atoms with van der Waals surface area (Å²) < 4.78 is 62.4. The fourth-order valence-electron chi connectivity index (χ4n) is 7.18. The van der Waals surface area contributed by atoms with Crippen LogP contribution in [0.5, 0.6) is 0 Å². The number of aliphatic hydroxyl groups excluding tert-OH is 2. The SMILES string of the molecule is CCCCC/C=C\C/C=C\CC1OC1C/C=C\CCCC(=O)OC[C@H](COP(=O)(O)OP(=O)(O)OC[C@H]1O[C@@H](n2ccc(N)nc2=O)[C@H](O)[C@@H]1O)OC(=O)CCCCCCCCCCC(C)C. The Bertz CT molecular complexity index is 1840. The van der Waals surface area contributed by atoms with Crippen LogP contribution in [-0.2, 0) is 51.0 Å². The highest BCUT2D eigenvalue weighted by molar-refractivity contribution is 7.61. The van der Waals surface area contributed by atoms with Gasteiger partial charge in [-0.05, 0) is 63.4 Å². The minimum atomic E-state index is -5.43. The van der Waals surface area contributed by atoms with E-state index in [-0.39, 0.29) is 30.9 Å². The lowest BCUT2D eigenvalue weighted by atomic mass is 10.0. The minimum Gasteiger partial charge on any atom is -0.462 e. The number of carbonyl (C=O) groups is 2. The summed E-state index contributed by atoms with van der Waals surface area (Å²) in [5, 5.41) is 20.9. The Morgan fingerprint density at radius 1 is 0.776 bits per heavy atom. The number of carbonyl (C=O) groups excluding carboxylic acids is 2. The fraction of sp³-hybridized carbons (Fsp3) is 0.739. The second-order valence-electron chi connectivity index (χ2n) is 17.5. The average Bonchev–Trinajstić information content (AvgIpc) is 3.96. The Morgan fingerprint density at radius 3 is 2.07 bits per heavy atom. The van der Waals surface area contributed by atoms with Crippen LogP contribution in [0.2, 0.25) is 0 Å². The number of aromatic nitrogens is 2. The highest BCUT2D eigenvalue weighted by atomic mass is 31.3. The topological polar surface area (TPSA) is 278 Å². The molecule has 67 heavy (non-hydrogen) atoms. The molecule has 19 nitrogen and oxygen atoms in total. The molecular formula is C46H77N3O16P2. The Kier molecular flexibility index (Phi) is 27.8. The number of nitrogens with zero attached hydrogens (tertiary/aromatic N) is 2. The quantitative estimate of drug-likeness (QED) is 0.0138. The van der Waals surface area contributed by atoms with Gasteiger partial charge in [-0.15, -0.1) is 0 Å². The summed E-state index contributed by atoms with van der Waals surface area (Å²) >= 11 is 0. The fourth-order valence-corrected chi connectivity index (χ4v) is 9.29. The summed E-state index contributed by atoms with van der Waals surface area (Å²) in [6.07, 6.45) is 24.4. The van der Waals surface area contributed by atoms with Crippen molar-refractivity contribution in [2.75, 3.05) is 25.6 Å². The zero-order chi connectivity index (χ0) is 49.1. The maximum atomic E-state index is 12.8. The third kappa shape index (κ3) is 25.4. The summed E-state index contributed by atoms with van der Waals surface area (Å²) in [7, 11) is -10.9. The number of phosphoric ester groups is 2. The van der Waals surface area contributed by atoms with Crippen molar-refractivity contribution in [1.82, 2.24) is 9.55 Å². The summed E-state index contributed by atoms with van der Waals surface area (Å²) in [6.45, 7) is 4.28. The number of esters is 2. The van der Waals surface area contributed by atoms with E-state index in [0.29, 0.717) is 25.2 Å². The van der Waals surface area contributed by atoms with Crippen molar-refractivity contribution in [1.29, 1.82) is 0 Å². The molecule has 1 aromatic heterocycles. The molecule has 2 aliphatic heterocycles. The minimum absolute atomic E-state index is 0.0342. The number of rotatable bonds is 37. The van der Waals surface area contributed by atoms with E-state index in [0.717, 1.165) is 62.1 Å². The Balaban J connectivity index is 1.42. The van der Waals surface area contributed by atoms with Gasteiger partial charge in [0.25, 0.3) is 0 Å². The number of ether oxygens (including phenoxy) is 4. The molecule has 2 aliphatic rings. The largest absolute Gasteiger partial charge is 0.481 e.